The number of piperidine rings is 1. The van der Waals surface area contributed by atoms with Crippen molar-refractivity contribution in [2.75, 3.05) is 39.3 Å². The smallest absolute Gasteiger partial charge is 0.289 e. The number of nitrogens with zero attached hydrogens (tertiary/aromatic N) is 9. The fourth-order valence-corrected chi connectivity index (χ4v) is 6.39. The summed E-state index contributed by atoms with van der Waals surface area (Å²) in [5.41, 5.74) is 0.724. The zero-order valence-electron chi connectivity index (χ0n) is 21.7. The van der Waals surface area contributed by atoms with Crippen molar-refractivity contribution >= 4 is 5.91 Å². The Hall–Kier alpha value is -3.11. The van der Waals surface area contributed by atoms with Gasteiger partial charge >= 0.3 is 0 Å². The minimum atomic E-state index is -0.438. The Labute approximate surface area is 218 Å². The average Bonchev–Trinajstić information content (AvgIpc) is 3.46. The zero-order valence-corrected chi connectivity index (χ0v) is 21.7. The van der Waals surface area contributed by atoms with Crippen LogP contribution in [0.1, 0.15) is 60.5 Å². The Balaban J connectivity index is 1.34. The molecular formula is C27H37N9O. The van der Waals surface area contributed by atoms with Crippen molar-refractivity contribution < 1.29 is 4.79 Å². The summed E-state index contributed by atoms with van der Waals surface area (Å²) >= 11 is 0. The predicted octanol–water partition coefficient (Wildman–Crippen LogP) is 2.15. The van der Waals surface area contributed by atoms with E-state index in [9.17, 15) is 4.79 Å². The van der Waals surface area contributed by atoms with Gasteiger partial charge in [-0.1, -0.05) is 36.8 Å². The van der Waals surface area contributed by atoms with E-state index in [0.29, 0.717) is 18.9 Å². The lowest BCUT2D eigenvalue weighted by atomic mass is 9.85. The minimum Gasteiger partial charge on any atom is -0.334 e. The Kier molecular flexibility index (Phi) is 6.77. The maximum atomic E-state index is 13.6. The molecule has 2 aromatic heterocycles. The zero-order chi connectivity index (χ0) is 25.2. The monoisotopic (exact) mass is 503 g/mol. The van der Waals surface area contributed by atoms with Crippen LogP contribution in [-0.4, -0.2) is 95.7 Å². The van der Waals surface area contributed by atoms with E-state index in [1.165, 1.54) is 19.3 Å². The summed E-state index contributed by atoms with van der Waals surface area (Å²) in [5.74, 6) is 1.32. The SMILES string of the molecule is Cn1ccnc1C(=O)N1CCCC(c2nnnn2Cc2ccccc2)(N2CCCN(C3CCC3)CC2)C1. The largest absolute Gasteiger partial charge is 0.334 e. The van der Waals surface area contributed by atoms with Gasteiger partial charge < -0.3 is 9.47 Å². The summed E-state index contributed by atoms with van der Waals surface area (Å²) in [4.78, 5) is 25.2. The van der Waals surface area contributed by atoms with Crippen molar-refractivity contribution in [2.24, 2.45) is 7.05 Å². The van der Waals surface area contributed by atoms with Crippen molar-refractivity contribution in [1.82, 2.24) is 44.5 Å². The number of aromatic nitrogens is 6. The summed E-state index contributed by atoms with van der Waals surface area (Å²) < 4.78 is 3.76. The third-order valence-electron chi connectivity index (χ3n) is 8.62. The molecule has 0 bridgehead atoms. The van der Waals surface area contributed by atoms with Gasteiger partial charge in [0.15, 0.2) is 11.6 Å². The number of benzene rings is 1. The molecule has 3 aromatic rings. The molecule has 1 atom stereocenters. The molecule has 37 heavy (non-hydrogen) atoms. The van der Waals surface area contributed by atoms with E-state index < -0.39 is 5.54 Å². The molecule has 2 saturated heterocycles. The van der Waals surface area contributed by atoms with E-state index in [1.54, 1.807) is 10.8 Å². The molecule has 1 amide bonds. The number of rotatable bonds is 6. The standard InChI is InChI=1S/C27H37N9O/c1-32-17-13-28-24(32)25(37)34-14-6-12-27(21-34,35-16-7-15-33(18-19-35)23-10-5-11-23)26-29-30-31-36(26)20-22-8-3-2-4-9-22/h2-4,8-9,13,17,23H,5-7,10-12,14-16,18-21H2,1H3. The summed E-state index contributed by atoms with van der Waals surface area (Å²) in [6.45, 7) is 6.03. The fraction of sp³-hybridized carbons (Fsp3) is 0.593. The molecule has 1 saturated carbocycles. The molecule has 1 aromatic carbocycles. The first kappa shape index (κ1) is 24.2. The summed E-state index contributed by atoms with van der Waals surface area (Å²) in [7, 11) is 1.88. The van der Waals surface area contributed by atoms with Crippen LogP contribution < -0.4 is 0 Å². The van der Waals surface area contributed by atoms with Crippen LogP contribution in [0.4, 0.5) is 0 Å². The highest BCUT2D eigenvalue weighted by Gasteiger charge is 2.48. The van der Waals surface area contributed by atoms with Gasteiger partial charge in [0.05, 0.1) is 6.54 Å². The molecule has 10 nitrogen and oxygen atoms in total. The molecule has 10 heteroatoms. The molecule has 0 spiro atoms. The number of carbonyl (C=O) groups is 1. The van der Waals surface area contributed by atoms with Gasteiger partial charge in [-0.15, -0.1) is 5.10 Å². The van der Waals surface area contributed by atoms with Crippen LogP contribution in [0.5, 0.6) is 0 Å². The highest BCUT2D eigenvalue weighted by molar-refractivity contribution is 5.91. The number of imidazole rings is 1. The van der Waals surface area contributed by atoms with Crippen LogP contribution in [0.2, 0.25) is 0 Å². The lowest BCUT2D eigenvalue weighted by Gasteiger charge is -2.48. The van der Waals surface area contributed by atoms with Crippen molar-refractivity contribution in [3.8, 4) is 0 Å². The van der Waals surface area contributed by atoms with Gasteiger partial charge in [-0.3, -0.25) is 14.6 Å². The third-order valence-corrected chi connectivity index (χ3v) is 8.62. The van der Waals surface area contributed by atoms with E-state index in [-0.39, 0.29) is 5.91 Å². The van der Waals surface area contributed by atoms with Crippen LogP contribution in [-0.2, 0) is 19.1 Å². The van der Waals surface area contributed by atoms with Gasteiger partial charge in [0.25, 0.3) is 5.91 Å². The molecule has 4 heterocycles. The average molecular weight is 504 g/mol. The van der Waals surface area contributed by atoms with Crippen molar-refractivity contribution in [2.45, 2.75) is 56.7 Å². The Bertz CT molecular complexity index is 1200. The van der Waals surface area contributed by atoms with Crippen LogP contribution in [0.25, 0.3) is 0 Å². The number of amides is 1. The lowest BCUT2D eigenvalue weighted by Crippen LogP contribution is -2.59. The number of hydrogen-bond acceptors (Lipinski definition) is 7. The van der Waals surface area contributed by atoms with Crippen molar-refractivity contribution in [3.63, 3.8) is 0 Å². The van der Waals surface area contributed by atoms with Gasteiger partial charge in [0.2, 0.25) is 0 Å². The highest BCUT2D eigenvalue weighted by atomic mass is 16.2. The molecule has 1 aliphatic carbocycles. The van der Waals surface area contributed by atoms with Crippen molar-refractivity contribution in [3.05, 3.63) is 59.9 Å². The molecule has 3 fully saturated rings. The predicted molar refractivity (Wildman–Crippen MR) is 139 cm³/mol. The van der Waals surface area contributed by atoms with E-state index in [2.05, 4.69) is 42.4 Å². The quantitative estimate of drug-likeness (QED) is 0.509. The second-order valence-corrected chi connectivity index (χ2v) is 10.8. The molecule has 0 radical (unpaired) electrons. The van der Waals surface area contributed by atoms with Gasteiger partial charge in [0.1, 0.15) is 5.54 Å². The normalized spacial score (nSPS) is 24.1. The molecule has 196 valence electrons. The van der Waals surface area contributed by atoms with Crippen molar-refractivity contribution in [1.29, 1.82) is 0 Å². The summed E-state index contributed by atoms with van der Waals surface area (Å²) in [5, 5.41) is 13.3. The maximum absolute atomic E-state index is 13.6. The van der Waals surface area contributed by atoms with E-state index >= 15 is 0 Å². The van der Waals surface area contributed by atoms with Crippen LogP contribution in [0.15, 0.2) is 42.7 Å². The van der Waals surface area contributed by atoms with E-state index in [4.69, 9.17) is 0 Å². The summed E-state index contributed by atoms with van der Waals surface area (Å²) in [6.07, 6.45) is 10.5. The molecule has 6 rings (SSSR count). The number of aryl methyl sites for hydroxylation is 1. The number of hydrogen-bond donors (Lipinski definition) is 0. The first-order valence-electron chi connectivity index (χ1n) is 13.7. The van der Waals surface area contributed by atoms with Gasteiger partial charge in [-0.2, -0.15) is 0 Å². The molecule has 1 unspecified atom stereocenters. The molecule has 3 aliphatic rings. The topological polar surface area (TPSA) is 88.2 Å². The molecule has 2 aliphatic heterocycles. The number of tetrazole rings is 1. The Morgan fingerprint density at radius 1 is 1.03 bits per heavy atom. The molecule has 0 N–H and O–H groups in total. The second kappa shape index (κ2) is 10.3. The number of likely N-dealkylation sites (tertiary alicyclic amines) is 1. The number of carbonyl (C=O) groups excluding carboxylic acids is 1. The van der Waals surface area contributed by atoms with E-state index in [0.717, 1.165) is 69.4 Å². The van der Waals surface area contributed by atoms with E-state index in [1.807, 2.05) is 41.0 Å². The Morgan fingerprint density at radius 3 is 2.65 bits per heavy atom. The highest BCUT2D eigenvalue weighted by Crippen LogP contribution is 2.38. The van der Waals surface area contributed by atoms with Gasteiger partial charge in [0, 0.05) is 58.2 Å². The van der Waals surface area contributed by atoms with Gasteiger partial charge in [-0.25, -0.2) is 9.67 Å². The lowest BCUT2D eigenvalue weighted by molar-refractivity contribution is 0.000559. The maximum Gasteiger partial charge on any atom is 0.289 e. The van der Waals surface area contributed by atoms with Gasteiger partial charge in [-0.05, 0) is 54.6 Å². The van der Waals surface area contributed by atoms with Crippen LogP contribution >= 0.6 is 0 Å². The Morgan fingerprint density at radius 2 is 1.89 bits per heavy atom. The first-order chi connectivity index (χ1) is 18.1. The van der Waals surface area contributed by atoms with Crippen LogP contribution in [0, 0.1) is 0 Å². The minimum absolute atomic E-state index is 0.0235. The van der Waals surface area contributed by atoms with Crippen LogP contribution in [0.3, 0.4) is 0 Å². The molecular weight excluding hydrogens is 466 g/mol. The fourth-order valence-electron chi connectivity index (χ4n) is 6.39. The third kappa shape index (κ3) is 4.68. The first-order valence-corrected chi connectivity index (χ1v) is 13.7. The summed E-state index contributed by atoms with van der Waals surface area (Å²) in [6, 6.07) is 11.1. The second-order valence-electron chi connectivity index (χ2n) is 10.8.